The van der Waals surface area contributed by atoms with Crippen LogP contribution in [-0.2, 0) is 9.53 Å². The summed E-state index contributed by atoms with van der Waals surface area (Å²) < 4.78 is 18.1. The number of allylic oxidation sites excluding steroid dienone is 1. The van der Waals surface area contributed by atoms with Gasteiger partial charge >= 0.3 is 5.97 Å². The van der Waals surface area contributed by atoms with Crippen molar-refractivity contribution in [3.8, 4) is 11.5 Å². The number of hydrogen-bond acceptors (Lipinski definition) is 8. The lowest BCUT2D eigenvalue weighted by Crippen LogP contribution is -2.39. The molecule has 3 aromatic rings. The normalized spacial score (nSPS) is 15.9. The second kappa shape index (κ2) is 9.13. The molecule has 0 fully saturated rings. The average molecular weight is 471 g/mol. The van der Waals surface area contributed by atoms with Crippen LogP contribution in [0, 0.1) is 0 Å². The Morgan fingerprint density at radius 2 is 2.06 bits per heavy atom. The first-order valence-electron chi connectivity index (χ1n) is 9.93. The summed E-state index contributed by atoms with van der Waals surface area (Å²) in [5.74, 6) is 0.791. The number of esters is 1. The fraction of sp³-hybridized carbons (Fsp3) is 0.261. The minimum absolute atomic E-state index is 0.223. The predicted molar refractivity (Wildman–Crippen MR) is 124 cm³/mol. The average Bonchev–Trinajstić information content (AvgIpc) is 3.42. The third kappa shape index (κ3) is 3.89. The lowest BCUT2D eigenvalue weighted by atomic mass is 10.0. The van der Waals surface area contributed by atoms with Crippen LogP contribution in [0.25, 0.3) is 6.08 Å². The number of fused-ring (bicyclic) bond motifs is 1. The predicted octanol–water partition coefficient (Wildman–Crippen LogP) is 2.88. The third-order valence-corrected chi connectivity index (χ3v) is 6.96. The Kier molecular flexibility index (Phi) is 6.29. The minimum Gasteiger partial charge on any atom is -0.497 e. The first-order valence-corrected chi connectivity index (χ1v) is 11.6. The summed E-state index contributed by atoms with van der Waals surface area (Å²) in [4.78, 5) is 32.3. The molecule has 32 heavy (non-hydrogen) atoms. The molecule has 0 saturated heterocycles. The topological polar surface area (TPSA) is 79.1 Å². The Morgan fingerprint density at radius 1 is 1.25 bits per heavy atom. The summed E-state index contributed by atoms with van der Waals surface area (Å²) in [6.45, 7) is 3.77. The van der Waals surface area contributed by atoms with Gasteiger partial charge < -0.3 is 14.2 Å². The molecule has 1 unspecified atom stereocenters. The Morgan fingerprint density at radius 3 is 2.72 bits per heavy atom. The fourth-order valence-corrected chi connectivity index (χ4v) is 5.45. The zero-order valence-corrected chi connectivity index (χ0v) is 19.7. The van der Waals surface area contributed by atoms with Crippen LogP contribution in [0.2, 0.25) is 0 Å². The number of hydrogen-bond donors (Lipinski definition) is 0. The van der Waals surface area contributed by atoms with E-state index in [0.717, 1.165) is 10.4 Å². The van der Waals surface area contributed by atoms with E-state index in [-0.39, 0.29) is 12.2 Å². The van der Waals surface area contributed by atoms with Crippen molar-refractivity contribution in [2.45, 2.75) is 19.9 Å². The summed E-state index contributed by atoms with van der Waals surface area (Å²) in [6.07, 6.45) is 1.77. The van der Waals surface area contributed by atoms with Crippen LogP contribution in [0.4, 0.5) is 0 Å². The van der Waals surface area contributed by atoms with Gasteiger partial charge in [-0.15, -0.1) is 11.3 Å². The maximum absolute atomic E-state index is 13.5. The molecule has 7 nitrogen and oxygen atoms in total. The molecule has 0 spiro atoms. The van der Waals surface area contributed by atoms with Crippen LogP contribution in [0.3, 0.4) is 0 Å². The minimum atomic E-state index is -0.579. The van der Waals surface area contributed by atoms with Crippen molar-refractivity contribution in [2.24, 2.45) is 4.99 Å². The van der Waals surface area contributed by atoms with E-state index in [9.17, 15) is 9.59 Å². The maximum atomic E-state index is 13.5. The molecule has 9 heteroatoms. The van der Waals surface area contributed by atoms with Gasteiger partial charge in [0.15, 0.2) is 4.80 Å². The highest BCUT2D eigenvalue weighted by Crippen LogP contribution is 2.33. The van der Waals surface area contributed by atoms with Crippen LogP contribution in [-0.4, -0.2) is 31.4 Å². The highest BCUT2D eigenvalue weighted by molar-refractivity contribution is 7.10. The second-order valence-corrected chi connectivity index (χ2v) is 8.91. The van der Waals surface area contributed by atoms with Crippen molar-refractivity contribution in [2.75, 3.05) is 20.8 Å². The molecule has 1 aliphatic heterocycles. The van der Waals surface area contributed by atoms with E-state index in [4.69, 9.17) is 14.2 Å². The van der Waals surface area contributed by atoms with Gasteiger partial charge in [0.2, 0.25) is 0 Å². The molecule has 0 aliphatic carbocycles. The van der Waals surface area contributed by atoms with Crippen molar-refractivity contribution < 1.29 is 19.0 Å². The Bertz CT molecular complexity index is 1370. The molecule has 1 atom stereocenters. The molecule has 2 aromatic heterocycles. The summed E-state index contributed by atoms with van der Waals surface area (Å²) >= 11 is 2.76. The molecule has 0 saturated carbocycles. The monoisotopic (exact) mass is 470 g/mol. The molecule has 3 heterocycles. The first kappa shape index (κ1) is 22.0. The number of thiophene rings is 1. The van der Waals surface area contributed by atoms with Crippen LogP contribution in [0.15, 0.2) is 56.8 Å². The van der Waals surface area contributed by atoms with Gasteiger partial charge in [-0.1, -0.05) is 17.4 Å². The number of aromatic nitrogens is 1. The van der Waals surface area contributed by atoms with Gasteiger partial charge in [-0.3, -0.25) is 9.36 Å². The second-order valence-electron chi connectivity index (χ2n) is 6.93. The van der Waals surface area contributed by atoms with Crippen LogP contribution < -0.4 is 24.4 Å². The van der Waals surface area contributed by atoms with Crippen LogP contribution in [0.1, 0.15) is 30.3 Å². The lowest BCUT2D eigenvalue weighted by molar-refractivity contribution is -0.139. The number of ether oxygens (including phenoxy) is 3. The zero-order chi connectivity index (χ0) is 22.8. The molecule has 1 aromatic carbocycles. The van der Waals surface area contributed by atoms with E-state index >= 15 is 0 Å². The fourth-order valence-electron chi connectivity index (χ4n) is 3.59. The third-order valence-electron chi connectivity index (χ3n) is 5.06. The van der Waals surface area contributed by atoms with Gasteiger partial charge in [-0.2, -0.15) is 0 Å². The van der Waals surface area contributed by atoms with Crippen molar-refractivity contribution in [1.82, 2.24) is 4.57 Å². The quantitative estimate of drug-likeness (QED) is 0.518. The number of carbonyl (C=O) groups is 1. The van der Waals surface area contributed by atoms with Gasteiger partial charge in [0.1, 0.15) is 17.5 Å². The summed E-state index contributed by atoms with van der Waals surface area (Å²) in [5, 5.41) is 1.92. The van der Waals surface area contributed by atoms with E-state index in [2.05, 4.69) is 4.99 Å². The molecule has 0 bridgehead atoms. The van der Waals surface area contributed by atoms with Crippen LogP contribution >= 0.6 is 22.7 Å². The Hall–Kier alpha value is -3.17. The molecule has 1 aliphatic rings. The van der Waals surface area contributed by atoms with Gasteiger partial charge in [0.05, 0.1) is 36.6 Å². The number of benzene rings is 1. The number of carbonyl (C=O) groups excluding carboxylic acids is 1. The standard InChI is InChI=1S/C23H22N2O5S2/c1-5-30-22(27)19-13(2)24-23-25(20(19)17-7-6-10-31-17)21(26)18(32-23)11-14-8-9-15(28-3)12-16(14)29-4/h6-12,20H,5H2,1-4H3/b18-11+. The van der Waals surface area contributed by atoms with Gasteiger partial charge in [0.25, 0.3) is 5.56 Å². The maximum Gasteiger partial charge on any atom is 0.338 e. The molecule has 4 rings (SSSR count). The van der Waals surface area contributed by atoms with E-state index in [1.54, 1.807) is 44.8 Å². The van der Waals surface area contributed by atoms with Crippen molar-refractivity contribution in [3.63, 3.8) is 0 Å². The van der Waals surface area contributed by atoms with E-state index in [1.807, 2.05) is 29.6 Å². The molecule has 166 valence electrons. The highest BCUT2D eigenvalue weighted by Gasteiger charge is 2.33. The molecule has 0 radical (unpaired) electrons. The molecule has 0 amide bonds. The van der Waals surface area contributed by atoms with Gasteiger partial charge in [-0.25, -0.2) is 9.79 Å². The Labute approximate surface area is 192 Å². The number of methoxy groups -OCH3 is 2. The number of rotatable bonds is 6. The highest BCUT2D eigenvalue weighted by atomic mass is 32.1. The SMILES string of the molecule is CCOC(=O)C1=C(C)N=c2s/c(=C/c3ccc(OC)cc3OC)c(=O)n2C1c1cccs1. The lowest BCUT2D eigenvalue weighted by Gasteiger charge is -2.23. The molecular formula is C23H22N2O5S2. The summed E-state index contributed by atoms with van der Waals surface area (Å²) in [6, 6.07) is 8.64. The van der Waals surface area contributed by atoms with Crippen molar-refractivity contribution in [1.29, 1.82) is 0 Å². The first-order chi connectivity index (χ1) is 15.5. The van der Waals surface area contributed by atoms with Crippen LogP contribution in [0.5, 0.6) is 11.5 Å². The number of thiazole rings is 1. The summed E-state index contributed by atoms with van der Waals surface area (Å²) in [7, 11) is 3.15. The smallest absolute Gasteiger partial charge is 0.338 e. The van der Waals surface area contributed by atoms with Gasteiger partial charge in [0, 0.05) is 16.5 Å². The molecular weight excluding hydrogens is 448 g/mol. The van der Waals surface area contributed by atoms with Crippen molar-refractivity contribution in [3.05, 3.63) is 77.1 Å². The molecule has 0 N–H and O–H groups in total. The van der Waals surface area contributed by atoms with Gasteiger partial charge in [-0.05, 0) is 43.5 Å². The largest absolute Gasteiger partial charge is 0.497 e. The van der Waals surface area contributed by atoms with Crippen molar-refractivity contribution >= 4 is 34.7 Å². The van der Waals surface area contributed by atoms with E-state index in [1.165, 1.54) is 22.7 Å². The Balaban J connectivity index is 1.92. The summed E-state index contributed by atoms with van der Waals surface area (Å²) in [5.41, 5.74) is 1.46. The zero-order valence-electron chi connectivity index (χ0n) is 18.1. The van der Waals surface area contributed by atoms with E-state index < -0.39 is 12.0 Å². The number of nitrogens with zero attached hydrogens (tertiary/aromatic N) is 2. The van der Waals surface area contributed by atoms with E-state index in [0.29, 0.717) is 32.1 Å².